The summed E-state index contributed by atoms with van der Waals surface area (Å²) in [4.78, 5) is 1.18. The zero-order valence-electron chi connectivity index (χ0n) is 9.77. The van der Waals surface area contributed by atoms with Crippen molar-refractivity contribution in [2.45, 2.75) is 17.6 Å². The third kappa shape index (κ3) is 2.76. The van der Waals surface area contributed by atoms with Crippen LogP contribution in [0.2, 0.25) is 5.02 Å². The van der Waals surface area contributed by atoms with Crippen molar-refractivity contribution in [3.63, 3.8) is 0 Å². The number of hydrogen-bond acceptors (Lipinski definition) is 3. The van der Waals surface area contributed by atoms with Crippen molar-refractivity contribution >= 4 is 29.1 Å². The van der Waals surface area contributed by atoms with Crippen molar-refractivity contribution in [2.24, 2.45) is 7.05 Å². The number of nitrogens with two attached hydrogens (primary N) is 1. The van der Waals surface area contributed by atoms with Crippen LogP contribution in [0, 0.1) is 6.92 Å². The first kappa shape index (κ1) is 12.3. The van der Waals surface area contributed by atoms with Crippen molar-refractivity contribution < 1.29 is 0 Å². The molecule has 1 aromatic heterocycles. The number of thioether (sulfide) groups is 1. The molecular formula is C12H14ClN3S. The average molecular weight is 268 g/mol. The normalized spacial score (nSPS) is 10.8. The van der Waals surface area contributed by atoms with Gasteiger partial charge in [-0.1, -0.05) is 11.6 Å². The molecule has 2 aromatic rings. The fourth-order valence-electron chi connectivity index (χ4n) is 1.55. The van der Waals surface area contributed by atoms with E-state index in [2.05, 4.69) is 5.10 Å². The SMILES string of the molecule is Cc1nn(C)c(CSc2ccc(N)cc2)c1Cl. The van der Waals surface area contributed by atoms with Gasteiger partial charge in [-0.05, 0) is 31.2 Å². The van der Waals surface area contributed by atoms with Crippen molar-refractivity contribution in [2.75, 3.05) is 5.73 Å². The maximum absolute atomic E-state index is 6.19. The van der Waals surface area contributed by atoms with Crippen molar-refractivity contribution in [3.05, 3.63) is 40.7 Å². The summed E-state index contributed by atoms with van der Waals surface area (Å²) in [6.45, 7) is 1.92. The highest BCUT2D eigenvalue weighted by atomic mass is 35.5. The molecule has 17 heavy (non-hydrogen) atoms. The highest BCUT2D eigenvalue weighted by Crippen LogP contribution is 2.28. The molecule has 0 amide bonds. The Balaban J connectivity index is 2.09. The van der Waals surface area contributed by atoms with Crippen LogP contribution in [0.15, 0.2) is 29.2 Å². The van der Waals surface area contributed by atoms with Gasteiger partial charge in [0.05, 0.1) is 16.4 Å². The third-order valence-corrected chi connectivity index (χ3v) is 4.03. The summed E-state index contributed by atoms with van der Waals surface area (Å²) in [6, 6.07) is 7.82. The maximum atomic E-state index is 6.19. The number of nitrogens with zero attached hydrogens (tertiary/aromatic N) is 2. The Bertz CT molecular complexity index is 519. The van der Waals surface area contributed by atoms with Crippen molar-refractivity contribution in [3.8, 4) is 0 Å². The molecule has 0 fully saturated rings. The number of halogens is 1. The van der Waals surface area contributed by atoms with E-state index in [0.29, 0.717) is 0 Å². The molecule has 1 aromatic carbocycles. The lowest BCUT2D eigenvalue weighted by Gasteiger charge is -2.03. The molecule has 90 valence electrons. The van der Waals surface area contributed by atoms with Gasteiger partial charge in [-0.15, -0.1) is 11.8 Å². The number of nitrogen functional groups attached to an aromatic ring is 1. The van der Waals surface area contributed by atoms with E-state index in [1.807, 2.05) is 42.9 Å². The van der Waals surface area contributed by atoms with Gasteiger partial charge in [0.25, 0.3) is 0 Å². The molecule has 0 aliphatic heterocycles. The molecule has 0 spiro atoms. The highest BCUT2D eigenvalue weighted by Gasteiger charge is 2.10. The van der Waals surface area contributed by atoms with Gasteiger partial charge in [0, 0.05) is 23.4 Å². The molecule has 0 saturated heterocycles. The number of aromatic nitrogens is 2. The Hall–Kier alpha value is -1.13. The van der Waals surface area contributed by atoms with Crippen LogP contribution in [0.3, 0.4) is 0 Å². The third-order valence-electron chi connectivity index (χ3n) is 2.52. The minimum absolute atomic E-state index is 0.760. The van der Waals surface area contributed by atoms with Crippen LogP contribution in [0.5, 0.6) is 0 Å². The monoisotopic (exact) mass is 267 g/mol. The van der Waals surface area contributed by atoms with Crippen molar-refractivity contribution in [1.29, 1.82) is 0 Å². The number of hydrogen-bond donors (Lipinski definition) is 1. The average Bonchev–Trinajstić information content (AvgIpc) is 2.54. The second-order valence-electron chi connectivity index (χ2n) is 3.83. The quantitative estimate of drug-likeness (QED) is 0.686. The van der Waals surface area contributed by atoms with Gasteiger partial charge in [-0.25, -0.2) is 0 Å². The van der Waals surface area contributed by atoms with Gasteiger partial charge >= 0.3 is 0 Å². The lowest BCUT2D eigenvalue weighted by molar-refractivity contribution is 0.727. The van der Waals surface area contributed by atoms with Gasteiger partial charge in [0.1, 0.15) is 0 Å². The molecule has 0 saturated carbocycles. The second-order valence-corrected chi connectivity index (χ2v) is 5.25. The van der Waals surface area contributed by atoms with E-state index in [9.17, 15) is 0 Å². The Labute approximate surface area is 110 Å². The van der Waals surface area contributed by atoms with Crippen LogP contribution in [0.25, 0.3) is 0 Å². The van der Waals surface area contributed by atoms with Crippen LogP contribution in [0.4, 0.5) is 5.69 Å². The maximum Gasteiger partial charge on any atom is 0.0855 e. The molecule has 0 bridgehead atoms. The van der Waals surface area contributed by atoms with Gasteiger partial charge < -0.3 is 5.73 Å². The molecule has 2 N–H and O–H groups in total. The van der Waals surface area contributed by atoms with E-state index in [1.54, 1.807) is 11.8 Å². The minimum atomic E-state index is 0.760. The first-order valence-electron chi connectivity index (χ1n) is 5.24. The Morgan fingerprint density at radius 3 is 2.53 bits per heavy atom. The predicted molar refractivity (Wildman–Crippen MR) is 73.4 cm³/mol. The van der Waals surface area contributed by atoms with Gasteiger partial charge in [-0.2, -0.15) is 5.10 Å². The standard InChI is InChI=1S/C12H14ClN3S/c1-8-12(13)11(16(2)15-8)7-17-10-5-3-9(14)4-6-10/h3-6H,7,14H2,1-2H3. The molecule has 1 heterocycles. The number of rotatable bonds is 3. The fraction of sp³-hybridized carbons (Fsp3) is 0.250. The van der Waals surface area contributed by atoms with E-state index in [0.717, 1.165) is 27.9 Å². The van der Waals surface area contributed by atoms with Crippen LogP contribution in [0.1, 0.15) is 11.4 Å². The van der Waals surface area contributed by atoms with E-state index in [4.69, 9.17) is 17.3 Å². The molecule has 2 rings (SSSR count). The summed E-state index contributed by atoms with van der Waals surface area (Å²) >= 11 is 7.91. The lowest BCUT2D eigenvalue weighted by Crippen LogP contribution is -1.96. The molecule has 0 aliphatic carbocycles. The van der Waals surface area contributed by atoms with Crippen LogP contribution in [-0.2, 0) is 12.8 Å². The Morgan fingerprint density at radius 1 is 1.35 bits per heavy atom. The first-order valence-corrected chi connectivity index (χ1v) is 6.60. The zero-order valence-corrected chi connectivity index (χ0v) is 11.3. The number of benzene rings is 1. The summed E-state index contributed by atoms with van der Waals surface area (Å²) in [5.74, 6) is 0.806. The van der Waals surface area contributed by atoms with E-state index in [1.165, 1.54) is 4.90 Å². The predicted octanol–water partition coefficient (Wildman–Crippen LogP) is 3.26. The Kier molecular flexibility index (Phi) is 3.64. The van der Waals surface area contributed by atoms with Gasteiger partial charge in [-0.3, -0.25) is 4.68 Å². The Morgan fingerprint density at radius 2 is 2.00 bits per heavy atom. The van der Waals surface area contributed by atoms with E-state index in [-0.39, 0.29) is 0 Å². The van der Waals surface area contributed by atoms with Crippen LogP contribution in [-0.4, -0.2) is 9.78 Å². The summed E-state index contributed by atoms with van der Waals surface area (Å²) < 4.78 is 1.84. The van der Waals surface area contributed by atoms with E-state index >= 15 is 0 Å². The molecule has 3 nitrogen and oxygen atoms in total. The van der Waals surface area contributed by atoms with Gasteiger partial charge in [0.2, 0.25) is 0 Å². The molecule has 0 radical (unpaired) electrons. The second kappa shape index (κ2) is 5.02. The lowest BCUT2D eigenvalue weighted by atomic mass is 10.3. The first-order chi connectivity index (χ1) is 8.08. The number of anilines is 1. The molecule has 0 aliphatic rings. The van der Waals surface area contributed by atoms with Crippen LogP contribution >= 0.6 is 23.4 Å². The summed E-state index contributed by atoms with van der Waals surface area (Å²) in [6.07, 6.45) is 0. The smallest absolute Gasteiger partial charge is 0.0855 e. The molecule has 5 heteroatoms. The molecule has 0 atom stereocenters. The fourth-order valence-corrected chi connectivity index (χ4v) is 2.82. The van der Waals surface area contributed by atoms with Gasteiger partial charge in [0.15, 0.2) is 0 Å². The van der Waals surface area contributed by atoms with E-state index < -0.39 is 0 Å². The van der Waals surface area contributed by atoms with Crippen molar-refractivity contribution in [1.82, 2.24) is 9.78 Å². The summed E-state index contributed by atoms with van der Waals surface area (Å²) in [5.41, 5.74) is 8.35. The zero-order chi connectivity index (χ0) is 12.4. The largest absolute Gasteiger partial charge is 0.399 e. The topological polar surface area (TPSA) is 43.8 Å². The molecular weight excluding hydrogens is 254 g/mol. The van der Waals surface area contributed by atoms with Crippen LogP contribution < -0.4 is 5.73 Å². The number of aryl methyl sites for hydroxylation is 2. The minimum Gasteiger partial charge on any atom is -0.399 e. The molecule has 0 unspecified atom stereocenters. The highest BCUT2D eigenvalue weighted by molar-refractivity contribution is 7.98. The summed E-state index contributed by atoms with van der Waals surface area (Å²) in [7, 11) is 1.91. The summed E-state index contributed by atoms with van der Waals surface area (Å²) in [5, 5.41) is 5.05.